The number of likely N-dealkylation sites (N-methyl/N-ethyl adjacent to an activating group) is 1. The molecule has 1 aliphatic rings. The van der Waals surface area contributed by atoms with Crippen LogP contribution >= 0.6 is 12.4 Å². The van der Waals surface area contributed by atoms with Gasteiger partial charge in [-0.1, -0.05) is 30.4 Å². The normalized spacial score (nSPS) is 13.7. The highest BCUT2D eigenvalue weighted by molar-refractivity contribution is 5.85. The van der Waals surface area contributed by atoms with E-state index < -0.39 is 11.7 Å². The molecule has 3 rings (SSSR count). The number of hydrogen-bond donors (Lipinski definition) is 0. The van der Waals surface area contributed by atoms with E-state index in [2.05, 4.69) is 4.90 Å². The number of hydrogen-bond acceptors (Lipinski definition) is 3. The lowest BCUT2D eigenvalue weighted by Gasteiger charge is -2.20. The highest BCUT2D eigenvalue weighted by atomic mass is 35.5. The third-order valence-electron chi connectivity index (χ3n) is 4.02. The van der Waals surface area contributed by atoms with E-state index in [-0.39, 0.29) is 12.4 Å². The van der Waals surface area contributed by atoms with Crippen LogP contribution in [-0.2, 0) is 12.7 Å². The van der Waals surface area contributed by atoms with Crippen LogP contribution in [0.15, 0.2) is 48.5 Å². The Bertz CT molecular complexity index is 776. The molecule has 2 aromatic rings. The molecule has 0 amide bonds. The van der Waals surface area contributed by atoms with Gasteiger partial charge in [-0.05, 0) is 42.4 Å². The van der Waals surface area contributed by atoms with Gasteiger partial charge < -0.3 is 9.47 Å². The van der Waals surface area contributed by atoms with E-state index in [1.54, 1.807) is 0 Å². The highest BCUT2D eigenvalue weighted by Crippen LogP contribution is 2.31. The van der Waals surface area contributed by atoms with E-state index >= 15 is 0 Å². The fourth-order valence-corrected chi connectivity index (χ4v) is 2.71. The molecule has 0 atom stereocenters. The van der Waals surface area contributed by atoms with Crippen molar-refractivity contribution in [3.05, 3.63) is 65.2 Å². The van der Waals surface area contributed by atoms with Crippen molar-refractivity contribution >= 4 is 18.5 Å². The third kappa shape index (κ3) is 5.91. The van der Waals surface area contributed by atoms with Gasteiger partial charge >= 0.3 is 6.18 Å². The SMILES string of the molecule is CN(C/C=C/c1ccc(C(F)(F)F)cc1)Cc1ccc2c(c1)OCCO2.Cl. The summed E-state index contributed by atoms with van der Waals surface area (Å²) in [4.78, 5) is 2.10. The molecule has 0 saturated carbocycles. The summed E-state index contributed by atoms with van der Waals surface area (Å²) in [5, 5.41) is 0. The fraction of sp³-hybridized carbons (Fsp3) is 0.300. The molecule has 146 valence electrons. The van der Waals surface area contributed by atoms with Gasteiger partial charge in [0.15, 0.2) is 11.5 Å². The lowest BCUT2D eigenvalue weighted by molar-refractivity contribution is -0.137. The van der Waals surface area contributed by atoms with E-state index in [1.165, 1.54) is 12.1 Å². The second kappa shape index (κ2) is 9.15. The maximum Gasteiger partial charge on any atom is 0.416 e. The van der Waals surface area contributed by atoms with Gasteiger partial charge in [-0.2, -0.15) is 13.2 Å². The van der Waals surface area contributed by atoms with Crippen molar-refractivity contribution in [2.45, 2.75) is 12.7 Å². The van der Waals surface area contributed by atoms with Gasteiger partial charge in [-0.3, -0.25) is 4.90 Å². The Hall–Kier alpha value is -2.18. The first-order valence-electron chi connectivity index (χ1n) is 8.33. The molecule has 1 aliphatic heterocycles. The van der Waals surface area contributed by atoms with Gasteiger partial charge in [-0.15, -0.1) is 12.4 Å². The van der Waals surface area contributed by atoms with E-state index in [4.69, 9.17) is 9.47 Å². The highest BCUT2D eigenvalue weighted by Gasteiger charge is 2.29. The van der Waals surface area contributed by atoms with Gasteiger partial charge in [0.1, 0.15) is 13.2 Å². The second-order valence-electron chi connectivity index (χ2n) is 6.20. The van der Waals surface area contributed by atoms with Crippen LogP contribution in [0, 0.1) is 0 Å². The number of alkyl halides is 3. The Balaban J connectivity index is 0.00000261. The molecule has 0 N–H and O–H groups in total. The smallest absolute Gasteiger partial charge is 0.416 e. The maximum atomic E-state index is 12.5. The summed E-state index contributed by atoms with van der Waals surface area (Å²) in [6.45, 7) is 2.53. The van der Waals surface area contributed by atoms with Crippen molar-refractivity contribution in [1.82, 2.24) is 4.90 Å². The van der Waals surface area contributed by atoms with Gasteiger partial charge in [0, 0.05) is 13.1 Å². The van der Waals surface area contributed by atoms with Crippen LogP contribution in [-0.4, -0.2) is 31.7 Å². The van der Waals surface area contributed by atoms with Crippen molar-refractivity contribution in [3.8, 4) is 11.5 Å². The molecule has 0 unspecified atom stereocenters. The average molecular weight is 400 g/mol. The van der Waals surface area contributed by atoms with E-state index in [1.807, 2.05) is 37.4 Å². The van der Waals surface area contributed by atoms with E-state index in [0.29, 0.717) is 19.8 Å². The Morgan fingerprint density at radius 2 is 1.67 bits per heavy atom. The molecular weight excluding hydrogens is 379 g/mol. The van der Waals surface area contributed by atoms with Crippen LogP contribution in [0.5, 0.6) is 11.5 Å². The van der Waals surface area contributed by atoms with Crippen LogP contribution in [0.3, 0.4) is 0 Å². The number of halogens is 4. The van der Waals surface area contributed by atoms with Crippen molar-refractivity contribution in [1.29, 1.82) is 0 Å². The summed E-state index contributed by atoms with van der Waals surface area (Å²) in [7, 11) is 1.98. The zero-order valence-corrected chi connectivity index (χ0v) is 15.6. The van der Waals surface area contributed by atoms with Crippen molar-refractivity contribution in [3.63, 3.8) is 0 Å². The molecule has 3 nitrogen and oxygen atoms in total. The maximum absolute atomic E-state index is 12.5. The minimum Gasteiger partial charge on any atom is -0.486 e. The molecule has 0 aromatic heterocycles. The Kier molecular flexibility index (Phi) is 7.16. The Morgan fingerprint density at radius 1 is 1.00 bits per heavy atom. The number of fused-ring (bicyclic) bond motifs is 1. The number of rotatable bonds is 5. The minimum atomic E-state index is -4.30. The zero-order valence-electron chi connectivity index (χ0n) is 14.8. The molecule has 0 aliphatic carbocycles. The van der Waals surface area contributed by atoms with Crippen molar-refractivity contribution in [2.24, 2.45) is 0 Å². The first kappa shape index (κ1) is 21.1. The molecule has 0 radical (unpaired) electrons. The van der Waals surface area contributed by atoms with Gasteiger partial charge in [-0.25, -0.2) is 0 Å². The van der Waals surface area contributed by atoms with Gasteiger partial charge in [0.2, 0.25) is 0 Å². The van der Waals surface area contributed by atoms with E-state index in [9.17, 15) is 13.2 Å². The predicted octanol–water partition coefficient (Wildman–Crippen LogP) is 5.04. The summed E-state index contributed by atoms with van der Waals surface area (Å²) in [5.41, 5.74) is 1.22. The van der Waals surface area contributed by atoms with Crippen LogP contribution in [0.4, 0.5) is 13.2 Å². The quantitative estimate of drug-likeness (QED) is 0.702. The first-order valence-corrected chi connectivity index (χ1v) is 8.33. The molecule has 27 heavy (non-hydrogen) atoms. The van der Waals surface area contributed by atoms with Gasteiger partial charge in [0.05, 0.1) is 5.56 Å². The lowest BCUT2D eigenvalue weighted by Crippen LogP contribution is -2.19. The number of nitrogens with zero attached hydrogens (tertiary/aromatic N) is 1. The first-order chi connectivity index (χ1) is 12.4. The van der Waals surface area contributed by atoms with Crippen LogP contribution in [0.2, 0.25) is 0 Å². The number of benzene rings is 2. The predicted molar refractivity (Wildman–Crippen MR) is 101 cm³/mol. The molecular formula is C20H21ClF3NO2. The molecule has 2 aromatic carbocycles. The molecule has 0 saturated heterocycles. The zero-order chi connectivity index (χ0) is 18.6. The largest absolute Gasteiger partial charge is 0.486 e. The average Bonchev–Trinajstić information content (AvgIpc) is 2.61. The second-order valence-corrected chi connectivity index (χ2v) is 6.20. The molecule has 0 fully saturated rings. The van der Waals surface area contributed by atoms with Crippen molar-refractivity contribution < 1.29 is 22.6 Å². The van der Waals surface area contributed by atoms with Crippen LogP contribution in [0.1, 0.15) is 16.7 Å². The molecule has 0 bridgehead atoms. The third-order valence-corrected chi connectivity index (χ3v) is 4.02. The minimum absolute atomic E-state index is 0. The summed E-state index contributed by atoms with van der Waals surface area (Å²) < 4.78 is 48.7. The van der Waals surface area contributed by atoms with Crippen molar-refractivity contribution in [2.75, 3.05) is 26.8 Å². The summed E-state index contributed by atoms with van der Waals surface area (Å²) in [6.07, 6.45) is -0.548. The molecule has 1 heterocycles. The lowest BCUT2D eigenvalue weighted by atomic mass is 10.1. The summed E-state index contributed by atoms with van der Waals surface area (Å²) in [5.74, 6) is 1.53. The van der Waals surface area contributed by atoms with Gasteiger partial charge in [0.25, 0.3) is 0 Å². The summed E-state index contributed by atoms with van der Waals surface area (Å²) >= 11 is 0. The fourth-order valence-electron chi connectivity index (χ4n) is 2.71. The van der Waals surface area contributed by atoms with Crippen LogP contribution in [0.25, 0.3) is 6.08 Å². The summed E-state index contributed by atoms with van der Waals surface area (Å²) in [6, 6.07) is 11.0. The Morgan fingerprint density at radius 3 is 2.33 bits per heavy atom. The standard InChI is InChI=1S/C20H20F3NO2.ClH/c1-24(14-16-6-9-18-19(13-16)26-12-11-25-18)10-2-3-15-4-7-17(8-5-15)20(21,22)23;/h2-9,13H,10-12,14H2,1H3;1H/b3-2+;. The molecule has 0 spiro atoms. The topological polar surface area (TPSA) is 21.7 Å². The Labute approximate surface area is 162 Å². The van der Waals surface area contributed by atoms with E-state index in [0.717, 1.165) is 41.3 Å². The number of ether oxygens (including phenoxy) is 2. The van der Waals surface area contributed by atoms with Crippen LogP contribution < -0.4 is 9.47 Å². The monoisotopic (exact) mass is 399 g/mol. The molecule has 7 heteroatoms.